The molecular formula is C29H28N6O3. The fourth-order valence-corrected chi connectivity index (χ4v) is 5.24. The quantitative estimate of drug-likeness (QED) is 0.324. The van der Waals surface area contributed by atoms with E-state index in [9.17, 15) is 9.59 Å². The number of esters is 1. The van der Waals surface area contributed by atoms with Gasteiger partial charge in [0.2, 0.25) is 0 Å². The molecule has 3 aromatic heterocycles. The van der Waals surface area contributed by atoms with Gasteiger partial charge in [-0.25, -0.2) is 19.6 Å². The third-order valence-corrected chi connectivity index (χ3v) is 7.25. The number of likely N-dealkylation sites (tertiary alicyclic amines) is 1. The van der Waals surface area contributed by atoms with E-state index in [2.05, 4.69) is 27.0 Å². The summed E-state index contributed by atoms with van der Waals surface area (Å²) in [4.78, 5) is 37.6. The largest absolute Gasteiger partial charge is 0.464 e. The minimum Gasteiger partial charge on any atom is -0.464 e. The van der Waals surface area contributed by atoms with Crippen molar-refractivity contribution in [1.29, 1.82) is 0 Å². The van der Waals surface area contributed by atoms with E-state index in [1.807, 2.05) is 60.3 Å². The number of aromatic nitrogens is 5. The number of benzene rings is 2. The molecule has 1 saturated heterocycles. The van der Waals surface area contributed by atoms with Gasteiger partial charge < -0.3 is 9.30 Å². The van der Waals surface area contributed by atoms with Crippen molar-refractivity contribution in [3.05, 3.63) is 101 Å². The van der Waals surface area contributed by atoms with E-state index in [0.717, 1.165) is 35.6 Å². The number of aryl methyl sites for hydroxylation is 1. The fourth-order valence-electron chi connectivity index (χ4n) is 5.24. The highest BCUT2D eigenvalue weighted by molar-refractivity contribution is 5.90. The lowest BCUT2D eigenvalue weighted by molar-refractivity contribution is 0.0594. The maximum Gasteiger partial charge on any atom is 0.356 e. The molecule has 1 fully saturated rings. The zero-order valence-corrected chi connectivity index (χ0v) is 21.3. The molecule has 0 unspecified atom stereocenters. The van der Waals surface area contributed by atoms with Gasteiger partial charge in [-0.1, -0.05) is 42.5 Å². The number of rotatable bonds is 6. The minimum absolute atomic E-state index is 0.0875. The SMILES string of the molecule is COC(=O)c1ccc2c(n1)n([C@H]1CCN(Cc3nccn3C)C1)c(=O)n2-c1ccc(-c2ccccc2)cc1. The van der Waals surface area contributed by atoms with Crippen LogP contribution in [0.25, 0.3) is 28.0 Å². The average molecular weight is 509 g/mol. The molecular weight excluding hydrogens is 480 g/mol. The second-order valence-corrected chi connectivity index (χ2v) is 9.56. The molecule has 9 heteroatoms. The number of fused-ring (bicyclic) bond motifs is 1. The van der Waals surface area contributed by atoms with Crippen molar-refractivity contribution >= 4 is 17.1 Å². The molecule has 0 N–H and O–H groups in total. The first-order valence-electron chi connectivity index (χ1n) is 12.6. The van der Waals surface area contributed by atoms with Crippen molar-refractivity contribution in [1.82, 2.24) is 28.6 Å². The Morgan fingerprint density at radius 1 is 1.03 bits per heavy atom. The van der Waals surface area contributed by atoms with Gasteiger partial charge in [-0.05, 0) is 41.8 Å². The first kappa shape index (κ1) is 23.9. The predicted octanol–water partition coefficient (Wildman–Crippen LogP) is 3.82. The first-order chi connectivity index (χ1) is 18.5. The van der Waals surface area contributed by atoms with Crippen LogP contribution in [0.4, 0.5) is 0 Å². The highest BCUT2D eigenvalue weighted by Crippen LogP contribution is 2.28. The number of hydrogen-bond acceptors (Lipinski definition) is 6. The molecule has 0 spiro atoms. The smallest absolute Gasteiger partial charge is 0.356 e. The van der Waals surface area contributed by atoms with Crippen molar-refractivity contribution in [3.8, 4) is 16.8 Å². The van der Waals surface area contributed by atoms with E-state index in [0.29, 0.717) is 24.3 Å². The van der Waals surface area contributed by atoms with Gasteiger partial charge in [0, 0.05) is 32.5 Å². The molecule has 38 heavy (non-hydrogen) atoms. The zero-order valence-electron chi connectivity index (χ0n) is 21.3. The van der Waals surface area contributed by atoms with Gasteiger partial charge >= 0.3 is 11.7 Å². The lowest BCUT2D eigenvalue weighted by Gasteiger charge is -2.16. The molecule has 4 heterocycles. The standard InChI is InChI=1S/C29H28N6O3/c1-32-17-15-30-26(32)19-33-16-14-23(18-33)35-27-25(13-12-24(31-27)28(36)38-2)34(29(35)37)22-10-8-21(9-11-22)20-6-4-3-5-7-20/h3-13,15,17,23H,14,16,18-19H2,1-2H3/t23-/m0/s1. The number of pyridine rings is 1. The van der Waals surface area contributed by atoms with Gasteiger partial charge in [-0.3, -0.25) is 14.0 Å². The Morgan fingerprint density at radius 2 is 1.79 bits per heavy atom. The molecule has 0 aliphatic carbocycles. The molecule has 0 radical (unpaired) electrons. The van der Waals surface area contributed by atoms with E-state index in [1.54, 1.807) is 27.5 Å². The van der Waals surface area contributed by atoms with Crippen molar-refractivity contribution in [2.45, 2.75) is 19.0 Å². The van der Waals surface area contributed by atoms with Crippen LogP contribution in [-0.4, -0.2) is 54.7 Å². The summed E-state index contributed by atoms with van der Waals surface area (Å²) in [7, 11) is 3.31. The van der Waals surface area contributed by atoms with Gasteiger partial charge in [-0.15, -0.1) is 0 Å². The summed E-state index contributed by atoms with van der Waals surface area (Å²) in [5.41, 5.74) is 4.05. The Labute approximate surface area is 219 Å². The summed E-state index contributed by atoms with van der Waals surface area (Å²) in [6, 6.07) is 21.3. The number of hydrogen-bond donors (Lipinski definition) is 0. The Kier molecular flexibility index (Phi) is 6.13. The molecule has 1 aliphatic rings. The van der Waals surface area contributed by atoms with Crippen molar-refractivity contribution in [2.24, 2.45) is 7.05 Å². The normalized spacial score (nSPS) is 15.8. The monoisotopic (exact) mass is 508 g/mol. The van der Waals surface area contributed by atoms with Crippen LogP contribution in [0.1, 0.15) is 28.8 Å². The van der Waals surface area contributed by atoms with E-state index in [-0.39, 0.29) is 17.4 Å². The number of ether oxygens (including phenoxy) is 1. The summed E-state index contributed by atoms with van der Waals surface area (Å²) in [6.07, 6.45) is 4.52. The number of nitrogens with zero attached hydrogens (tertiary/aromatic N) is 6. The Morgan fingerprint density at radius 3 is 2.50 bits per heavy atom. The molecule has 6 rings (SSSR count). The number of carbonyl (C=O) groups excluding carboxylic acids is 1. The summed E-state index contributed by atoms with van der Waals surface area (Å²) in [5.74, 6) is 0.443. The second-order valence-electron chi connectivity index (χ2n) is 9.56. The first-order valence-corrected chi connectivity index (χ1v) is 12.6. The Balaban J connectivity index is 1.41. The summed E-state index contributed by atoms with van der Waals surface area (Å²) in [6.45, 7) is 2.22. The van der Waals surface area contributed by atoms with E-state index in [1.165, 1.54) is 7.11 Å². The molecule has 1 atom stereocenters. The summed E-state index contributed by atoms with van der Waals surface area (Å²) >= 11 is 0. The lowest BCUT2D eigenvalue weighted by Crippen LogP contribution is -2.29. The zero-order chi connectivity index (χ0) is 26.2. The average Bonchev–Trinajstić information content (AvgIpc) is 3.65. The van der Waals surface area contributed by atoms with Crippen molar-refractivity contribution in [3.63, 3.8) is 0 Å². The maximum absolute atomic E-state index is 14.0. The third-order valence-electron chi connectivity index (χ3n) is 7.25. The summed E-state index contributed by atoms with van der Waals surface area (Å²) in [5, 5.41) is 0. The van der Waals surface area contributed by atoms with Crippen LogP contribution < -0.4 is 5.69 Å². The molecule has 0 amide bonds. The van der Waals surface area contributed by atoms with Gasteiger partial charge in [0.1, 0.15) is 5.82 Å². The van der Waals surface area contributed by atoms with Crippen LogP contribution in [0.3, 0.4) is 0 Å². The molecule has 0 bridgehead atoms. The Hall–Kier alpha value is -4.50. The van der Waals surface area contributed by atoms with E-state index in [4.69, 9.17) is 4.74 Å². The molecule has 192 valence electrons. The van der Waals surface area contributed by atoms with Crippen LogP contribution in [0.2, 0.25) is 0 Å². The second kappa shape index (κ2) is 9.75. The topological polar surface area (TPSA) is 87.2 Å². The maximum atomic E-state index is 14.0. The molecule has 1 aliphatic heterocycles. The third kappa shape index (κ3) is 4.20. The highest BCUT2D eigenvalue weighted by atomic mass is 16.5. The molecule has 5 aromatic rings. The van der Waals surface area contributed by atoms with Crippen LogP contribution in [-0.2, 0) is 18.3 Å². The van der Waals surface area contributed by atoms with Crippen LogP contribution >= 0.6 is 0 Å². The fraction of sp³-hybridized carbons (Fsp3) is 0.241. The van der Waals surface area contributed by atoms with Gasteiger partial charge in [0.05, 0.1) is 30.9 Å². The van der Waals surface area contributed by atoms with Gasteiger partial charge in [0.25, 0.3) is 0 Å². The minimum atomic E-state index is -0.534. The molecule has 9 nitrogen and oxygen atoms in total. The number of methoxy groups -OCH3 is 1. The number of imidazole rings is 2. The predicted molar refractivity (Wildman–Crippen MR) is 144 cm³/mol. The summed E-state index contributed by atoms with van der Waals surface area (Å²) < 4.78 is 10.3. The van der Waals surface area contributed by atoms with Crippen molar-refractivity contribution < 1.29 is 9.53 Å². The van der Waals surface area contributed by atoms with Gasteiger partial charge in [-0.2, -0.15) is 0 Å². The highest BCUT2D eigenvalue weighted by Gasteiger charge is 2.30. The van der Waals surface area contributed by atoms with E-state index < -0.39 is 5.97 Å². The van der Waals surface area contributed by atoms with Crippen LogP contribution in [0.15, 0.2) is 83.9 Å². The Bertz CT molecular complexity index is 1670. The molecule has 2 aromatic carbocycles. The van der Waals surface area contributed by atoms with Crippen LogP contribution in [0.5, 0.6) is 0 Å². The van der Waals surface area contributed by atoms with Crippen molar-refractivity contribution in [2.75, 3.05) is 20.2 Å². The van der Waals surface area contributed by atoms with Gasteiger partial charge in [0.15, 0.2) is 11.3 Å². The molecule has 0 saturated carbocycles. The van der Waals surface area contributed by atoms with Crippen LogP contribution in [0, 0.1) is 0 Å². The lowest BCUT2D eigenvalue weighted by atomic mass is 10.1. The van der Waals surface area contributed by atoms with E-state index >= 15 is 0 Å². The number of carbonyl (C=O) groups is 1.